The highest BCUT2D eigenvalue weighted by Gasteiger charge is 2.52. The fourth-order valence-electron chi connectivity index (χ4n) is 4.05. The quantitative estimate of drug-likeness (QED) is 0.521. The molecule has 3 aromatic rings. The fraction of sp³-hybridized carbons (Fsp3) is 0.318. The lowest BCUT2D eigenvalue weighted by Crippen LogP contribution is -2.31. The maximum atomic E-state index is 15.1. The number of hydrogen-bond acceptors (Lipinski definition) is 5. The molecule has 0 radical (unpaired) electrons. The summed E-state index contributed by atoms with van der Waals surface area (Å²) in [7, 11) is 0. The minimum atomic E-state index is -2.67. The zero-order chi connectivity index (χ0) is 23.9. The number of aliphatic hydroxyl groups is 1. The molecule has 1 aromatic heterocycles. The second-order valence-electron chi connectivity index (χ2n) is 7.65. The summed E-state index contributed by atoms with van der Waals surface area (Å²) in [4.78, 5) is 33.3. The topological polar surface area (TPSA) is 95.5 Å². The van der Waals surface area contributed by atoms with Gasteiger partial charge in [-0.25, -0.2) is 18.2 Å². The average molecular weight is 465 g/mol. The van der Waals surface area contributed by atoms with Crippen LogP contribution in [0.5, 0.6) is 5.75 Å². The van der Waals surface area contributed by atoms with Gasteiger partial charge in [0, 0.05) is 17.7 Å². The fourth-order valence-corrected chi connectivity index (χ4v) is 4.05. The van der Waals surface area contributed by atoms with Gasteiger partial charge in [0.05, 0.1) is 35.9 Å². The second kappa shape index (κ2) is 8.81. The highest BCUT2D eigenvalue weighted by Crippen LogP contribution is 2.44. The SMILES string of the molecule is CC(=O)C1C(O)C(=O)N(c2ccc3nc[nH]c3c2)C1c1ccc(OCCC(F)F)c(F)c1F. The number of Topliss-reactive ketones (excluding diaryl/α,β-unsaturated/α-hetero) is 1. The van der Waals surface area contributed by atoms with E-state index in [1.165, 1.54) is 12.4 Å². The Bertz CT molecular complexity index is 1220. The highest BCUT2D eigenvalue weighted by molar-refractivity contribution is 6.05. The van der Waals surface area contributed by atoms with Crippen molar-refractivity contribution in [2.75, 3.05) is 11.5 Å². The summed E-state index contributed by atoms with van der Waals surface area (Å²) in [5.41, 5.74) is 1.02. The van der Waals surface area contributed by atoms with Crippen LogP contribution in [-0.2, 0) is 9.59 Å². The number of ketones is 1. The number of aliphatic hydroxyl groups excluding tert-OH is 1. The van der Waals surface area contributed by atoms with Gasteiger partial charge in [0.15, 0.2) is 11.6 Å². The summed E-state index contributed by atoms with van der Waals surface area (Å²) in [5, 5.41) is 10.5. The summed E-state index contributed by atoms with van der Waals surface area (Å²) < 4.78 is 59.4. The molecule has 0 aliphatic carbocycles. The molecule has 2 aromatic carbocycles. The summed E-state index contributed by atoms with van der Waals surface area (Å²) in [6.45, 7) is 0.617. The highest BCUT2D eigenvalue weighted by atomic mass is 19.3. The van der Waals surface area contributed by atoms with E-state index in [0.717, 1.165) is 24.0 Å². The first kappa shape index (κ1) is 22.7. The van der Waals surface area contributed by atoms with E-state index in [0.29, 0.717) is 11.0 Å². The number of benzene rings is 2. The number of nitrogens with one attached hydrogen (secondary N) is 1. The molecule has 1 amide bonds. The molecule has 7 nitrogen and oxygen atoms in total. The van der Waals surface area contributed by atoms with Crippen LogP contribution < -0.4 is 9.64 Å². The molecule has 33 heavy (non-hydrogen) atoms. The number of imidazole rings is 1. The standard InChI is InChI=1S/C22H19F4N3O4/c1-10(30)17-20(12-3-5-15(19(26)18(12)25)33-7-6-16(23)24)29(22(32)21(17)31)11-2-4-13-14(8-11)28-9-27-13/h2-5,8-9,16-17,20-21,31H,6-7H2,1H3,(H,27,28). The lowest BCUT2D eigenvalue weighted by molar-refractivity contribution is -0.131. The maximum absolute atomic E-state index is 15.1. The number of aromatic amines is 1. The number of rotatable bonds is 7. The molecule has 2 N–H and O–H groups in total. The Balaban J connectivity index is 1.78. The number of halogens is 4. The number of hydrogen-bond donors (Lipinski definition) is 2. The van der Waals surface area contributed by atoms with E-state index in [-0.39, 0.29) is 11.3 Å². The van der Waals surface area contributed by atoms with Gasteiger partial charge in [0.1, 0.15) is 11.9 Å². The summed E-state index contributed by atoms with van der Waals surface area (Å²) in [6.07, 6.45) is -3.66. The van der Waals surface area contributed by atoms with E-state index in [1.54, 1.807) is 12.1 Å². The molecule has 0 spiro atoms. The number of ether oxygens (including phenoxy) is 1. The Morgan fingerprint density at radius 3 is 2.70 bits per heavy atom. The maximum Gasteiger partial charge on any atom is 0.257 e. The molecular weight excluding hydrogens is 446 g/mol. The van der Waals surface area contributed by atoms with E-state index < -0.39 is 66.6 Å². The number of aromatic nitrogens is 2. The molecule has 174 valence electrons. The van der Waals surface area contributed by atoms with E-state index in [2.05, 4.69) is 9.97 Å². The Morgan fingerprint density at radius 1 is 1.24 bits per heavy atom. The van der Waals surface area contributed by atoms with Crippen molar-refractivity contribution in [2.45, 2.75) is 31.9 Å². The Kier molecular flexibility index (Phi) is 6.07. The molecule has 1 aliphatic heterocycles. The normalized spacial score (nSPS) is 20.8. The van der Waals surface area contributed by atoms with E-state index in [4.69, 9.17) is 4.74 Å². The Labute approximate surface area is 185 Å². The van der Waals surface area contributed by atoms with Crippen molar-refractivity contribution in [2.24, 2.45) is 5.92 Å². The number of fused-ring (bicyclic) bond motifs is 1. The van der Waals surface area contributed by atoms with E-state index in [1.807, 2.05) is 0 Å². The molecule has 0 saturated carbocycles. The van der Waals surface area contributed by atoms with Crippen LogP contribution in [0.1, 0.15) is 24.9 Å². The molecule has 3 atom stereocenters. The first-order valence-electron chi connectivity index (χ1n) is 10.0. The van der Waals surface area contributed by atoms with Crippen LogP contribution in [0.25, 0.3) is 11.0 Å². The molecule has 1 fully saturated rings. The number of amides is 1. The summed E-state index contributed by atoms with van der Waals surface area (Å²) >= 11 is 0. The first-order chi connectivity index (χ1) is 15.7. The zero-order valence-electron chi connectivity index (χ0n) is 17.3. The van der Waals surface area contributed by atoms with Crippen LogP contribution in [0.2, 0.25) is 0 Å². The minimum absolute atomic E-state index is 0.238. The molecule has 11 heteroatoms. The lowest BCUT2D eigenvalue weighted by Gasteiger charge is -2.28. The van der Waals surface area contributed by atoms with Gasteiger partial charge in [-0.3, -0.25) is 9.59 Å². The number of anilines is 1. The van der Waals surface area contributed by atoms with Gasteiger partial charge in [-0.15, -0.1) is 0 Å². The summed E-state index contributed by atoms with van der Waals surface area (Å²) in [6, 6.07) is 5.45. The molecule has 1 aliphatic rings. The van der Waals surface area contributed by atoms with Crippen LogP contribution in [0.3, 0.4) is 0 Å². The number of carbonyl (C=O) groups excluding carboxylic acids is 2. The largest absolute Gasteiger partial charge is 0.490 e. The van der Waals surface area contributed by atoms with Crippen molar-refractivity contribution >= 4 is 28.4 Å². The van der Waals surface area contributed by atoms with Crippen molar-refractivity contribution < 1.29 is 37.0 Å². The van der Waals surface area contributed by atoms with Crippen molar-refractivity contribution in [3.05, 3.63) is 53.9 Å². The minimum Gasteiger partial charge on any atom is -0.490 e. The van der Waals surface area contributed by atoms with Crippen LogP contribution >= 0.6 is 0 Å². The average Bonchev–Trinajstić information content (AvgIpc) is 3.33. The van der Waals surface area contributed by atoms with Gasteiger partial charge in [-0.1, -0.05) is 6.07 Å². The number of alkyl halides is 2. The van der Waals surface area contributed by atoms with Crippen molar-refractivity contribution in [3.63, 3.8) is 0 Å². The third kappa shape index (κ3) is 4.04. The Hall–Kier alpha value is -3.47. The Morgan fingerprint density at radius 2 is 2.00 bits per heavy atom. The second-order valence-corrected chi connectivity index (χ2v) is 7.65. The van der Waals surface area contributed by atoms with E-state index in [9.17, 15) is 27.9 Å². The van der Waals surface area contributed by atoms with Crippen molar-refractivity contribution in [3.8, 4) is 5.75 Å². The van der Waals surface area contributed by atoms with Gasteiger partial charge in [0.2, 0.25) is 12.2 Å². The molecule has 3 unspecified atom stereocenters. The summed E-state index contributed by atoms with van der Waals surface area (Å²) in [5.74, 6) is -6.24. The number of nitrogens with zero attached hydrogens (tertiary/aromatic N) is 2. The zero-order valence-corrected chi connectivity index (χ0v) is 17.3. The van der Waals surface area contributed by atoms with E-state index >= 15 is 4.39 Å². The third-order valence-electron chi connectivity index (χ3n) is 5.59. The van der Waals surface area contributed by atoms with Crippen molar-refractivity contribution in [1.82, 2.24) is 9.97 Å². The molecule has 1 saturated heterocycles. The lowest BCUT2D eigenvalue weighted by atomic mass is 9.88. The van der Waals surface area contributed by atoms with Gasteiger partial charge in [0.25, 0.3) is 5.91 Å². The van der Waals surface area contributed by atoms with Crippen LogP contribution in [0, 0.1) is 17.6 Å². The first-order valence-corrected chi connectivity index (χ1v) is 10.0. The monoisotopic (exact) mass is 465 g/mol. The van der Waals surface area contributed by atoms with Crippen LogP contribution in [0.15, 0.2) is 36.7 Å². The van der Waals surface area contributed by atoms with Crippen LogP contribution in [-0.4, -0.2) is 45.9 Å². The van der Waals surface area contributed by atoms with Crippen LogP contribution in [0.4, 0.5) is 23.2 Å². The van der Waals surface area contributed by atoms with Gasteiger partial charge >= 0.3 is 0 Å². The smallest absolute Gasteiger partial charge is 0.257 e. The van der Waals surface area contributed by atoms with Crippen molar-refractivity contribution in [1.29, 1.82) is 0 Å². The number of carbonyl (C=O) groups is 2. The third-order valence-corrected chi connectivity index (χ3v) is 5.59. The van der Waals surface area contributed by atoms with Gasteiger partial charge < -0.3 is 19.7 Å². The molecular formula is C22H19F4N3O4. The molecule has 0 bridgehead atoms. The molecule has 4 rings (SSSR count). The van der Waals surface area contributed by atoms with Gasteiger partial charge in [-0.05, 0) is 31.2 Å². The molecule has 2 heterocycles. The van der Waals surface area contributed by atoms with Gasteiger partial charge in [-0.2, -0.15) is 4.39 Å². The predicted molar refractivity (Wildman–Crippen MR) is 109 cm³/mol. The predicted octanol–water partition coefficient (Wildman–Crippen LogP) is 3.53. The number of H-pyrrole nitrogens is 1.